The van der Waals surface area contributed by atoms with E-state index in [-0.39, 0.29) is 11.3 Å². The lowest BCUT2D eigenvalue weighted by molar-refractivity contribution is 0.429. The Morgan fingerprint density at radius 3 is 2.50 bits per heavy atom. The Labute approximate surface area is 172 Å². The number of aromatic nitrogens is 2. The van der Waals surface area contributed by atoms with Gasteiger partial charge in [0.25, 0.3) is 5.56 Å². The summed E-state index contributed by atoms with van der Waals surface area (Å²) in [5, 5.41) is 17.1. The van der Waals surface area contributed by atoms with Crippen LogP contribution in [0.3, 0.4) is 0 Å². The first kappa shape index (κ1) is 19.2. The van der Waals surface area contributed by atoms with Gasteiger partial charge >= 0.3 is 5.69 Å². The normalized spacial score (nSPS) is 11.6. The number of hydrazone groups is 1. The number of hydrogen-bond acceptors (Lipinski definition) is 5. The molecular weight excluding hydrogens is 380 g/mol. The van der Waals surface area contributed by atoms with E-state index in [1.54, 1.807) is 19.1 Å². The number of aromatic hydroxyl groups is 1. The Bertz CT molecular complexity index is 1390. The van der Waals surface area contributed by atoms with Crippen molar-refractivity contribution < 1.29 is 5.11 Å². The lowest BCUT2D eigenvalue weighted by atomic mass is 10.1. The Morgan fingerprint density at radius 1 is 1.00 bits per heavy atom. The third kappa shape index (κ3) is 3.37. The van der Waals surface area contributed by atoms with Crippen LogP contribution in [0.2, 0.25) is 0 Å². The average Bonchev–Trinajstić information content (AvgIpc) is 2.73. The van der Waals surface area contributed by atoms with Gasteiger partial charge in [0.15, 0.2) is 0 Å². The van der Waals surface area contributed by atoms with Crippen LogP contribution >= 0.6 is 0 Å². The number of rotatable bonds is 4. The topological polar surface area (TPSA) is 99.5 Å². The Morgan fingerprint density at radius 2 is 1.70 bits per heavy atom. The van der Waals surface area contributed by atoms with E-state index < -0.39 is 17.1 Å². The lowest BCUT2D eigenvalue weighted by Crippen LogP contribution is -2.33. The summed E-state index contributed by atoms with van der Waals surface area (Å²) in [5.41, 5.74) is 3.71. The first-order chi connectivity index (χ1) is 14.5. The minimum absolute atomic E-state index is 0.0782. The van der Waals surface area contributed by atoms with Gasteiger partial charge in [-0.2, -0.15) is 5.10 Å². The maximum atomic E-state index is 12.5. The van der Waals surface area contributed by atoms with E-state index in [1.807, 2.05) is 61.5 Å². The van der Waals surface area contributed by atoms with Crippen molar-refractivity contribution in [1.82, 2.24) is 9.55 Å². The van der Waals surface area contributed by atoms with Gasteiger partial charge in [-0.25, -0.2) is 9.36 Å². The lowest BCUT2D eigenvalue weighted by Gasteiger charge is -2.13. The Kier molecular flexibility index (Phi) is 4.93. The zero-order valence-corrected chi connectivity index (χ0v) is 16.5. The van der Waals surface area contributed by atoms with Gasteiger partial charge in [0.2, 0.25) is 5.88 Å². The fourth-order valence-corrected chi connectivity index (χ4v) is 3.41. The number of anilines is 1. The monoisotopic (exact) mass is 400 g/mol. The summed E-state index contributed by atoms with van der Waals surface area (Å²) in [4.78, 5) is 27.1. The van der Waals surface area contributed by atoms with Crippen LogP contribution in [0.25, 0.3) is 16.5 Å². The highest BCUT2D eigenvalue weighted by Gasteiger charge is 2.19. The van der Waals surface area contributed by atoms with Crippen molar-refractivity contribution in [2.24, 2.45) is 5.10 Å². The van der Waals surface area contributed by atoms with Crippen LogP contribution in [0.5, 0.6) is 5.88 Å². The van der Waals surface area contributed by atoms with Crippen molar-refractivity contribution in [2.45, 2.75) is 13.8 Å². The molecule has 7 heteroatoms. The van der Waals surface area contributed by atoms with Crippen molar-refractivity contribution >= 4 is 22.2 Å². The van der Waals surface area contributed by atoms with Crippen LogP contribution in [0.15, 0.2) is 81.4 Å². The van der Waals surface area contributed by atoms with Crippen LogP contribution in [-0.2, 0) is 0 Å². The molecule has 4 rings (SSSR count). The van der Waals surface area contributed by atoms with E-state index in [1.165, 1.54) is 0 Å². The maximum absolute atomic E-state index is 12.5. The van der Waals surface area contributed by atoms with Crippen LogP contribution in [0.4, 0.5) is 5.69 Å². The second-order valence-corrected chi connectivity index (χ2v) is 6.92. The van der Waals surface area contributed by atoms with E-state index in [0.29, 0.717) is 5.69 Å². The van der Waals surface area contributed by atoms with Crippen LogP contribution < -0.4 is 16.7 Å². The summed E-state index contributed by atoms with van der Waals surface area (Å²) in [6, 6.07) is 20.7. The van der Waals surface area contributed by atoms with E-state index >= 15 is 0 Å². The van der Waals surface area contributed by atoms with Gasteiger partial charge in [0.1, 0.15) is 5.56 Å². The number of fused-ring (bicyclic) bond motifs is 1. The van der Waals surface area contributed by atoms with Crippen LogP contribution in [0, 0.1) is 6.92 Å². The summed E-state index contributed by atoms with van der Waals surface area (Å²) in [5.74, 6) is -0.459. The minimum atomic E-state index is -0.717. The Balaban J connectivity index is 1.80. The van der Waals surface area contributed by atoms with E-state index in [0.717, 1.165) is 26.6 Å². The second-order valence-electron chi connectivity index (χ2n) is 6.92. The summed E-state index contributed by atoms with van der Waals surface area (Å²) in [6.07, 6.45) is 0. The van der Waals surface area contributed by atoms with Gasteiger partial charge in [-0.05, 0) is 36.9 Å². The van der Waals surface area contributed by atoms with Crippen molar-refractivity contribution in [1.29, 1.82) is 0 Å². The summed E-state index contributed by atoms with van der Waals surface area (Å²) >= 11 is 0. The minimum Gasteiger partial charge on any atom is -0.493 e. The molecule has 0 spiro atoms. The highest BCUT2D eigenvalue weighted by Crippen LogP contribution is 2.24. The molecule has 0 saturated heterocycles. The van der Waals surface area contributed by atoms with Gasteiger partial charge in [-0.15, -0.1) is 0 Å². The molecule has 0 saturated carbocycles. The molecule has 3 aromatic carbocycles. The van der Waals surface area contributed by atoms with E-state index in [4.69, 9.17) is 0 Å². The first-order valence-electron chi connectivity index (χ1n) is 9.40. The van der Waals surface area contributed by atoms with Gasteiger partial charge in [-0.3, -0.25) is 15.2 Å². The maximum Gasteiger partial charge on any atom is 0.335 e. The molecule has 4 aromatic rings. The number of H-pyrrole nitrogens is 1. The number of nitrogens with zero attached hydrogens (tertiary/aromatic N) is 2. The smallest absolute Gasteiger partial charge is 0.335 e. The number of nitrogens with one attached hydrogen (secondary N) is 2. The second kappa shape index (κ2) is 7.71. The molecule has 0 aliphatic heterocycles. The first-order valence-corrected chi connectivity index (χ1v) is 9.40. The average molecular weight is 400 g/mol. The third-order valence-corrected chi connectivity index (χ3v) is 4.94. The highest BCUT2D eigenvalue weighted by atomic mass is 16.3. The predicted octanol–water partition coefficient (Wildman–Crippen LogP) is 3.53. The largest absolute Gasteiger partial charge is 0.493 e. The molecule has 0 unspecified atom stereocenters. The molecule has 1 aromatic heterocycles. The number of para-hydroxylation sites is 1. The summed E-state index contributed by atoms with van der Waals surface area (Å²) < 4.78 is 1.07. The van der Waals surface area contributed by atoms with Gasteiger partial charge in [-0.1, -0.05) is 54.6 Å². The van der Waals surface area contributed by atoms with Crippen LogP contribution in [0.1, 0.15) is 18.1 Å². The molecule has 0 radical (unpaired) electrons. The number of aromatic amines is 1. The van der Waals surface area contributed by atoms with Crippen molar-refractivity contribution in [3.8, 4) is 11.6 Å². The summed E-state index contributed by atoms with van der Waals surface area (Å²) in [6.45, 7) is 3.41. The van der Waals surface area contributed by atoms with Crippen molar-refractivity contribution in [3.63, 3.8) is 0 Å². The quantitative estimate of drug-likeness (QED) is 0.360. The molecule has 0 amide bonds. The van der Waals surface area contributed by atoms with Gasteiger partial charge in [0.05, 0.1) is 17.1 Å². The fraction of sp³-hybridized carbons (Fsp3) is 0.0870. The van der Waals surface area contributed by atoms with Gasteiger partial charge in [0, 0.05) is 5.39 Å². The molecule has 0 aliphatic rings. The highest BCUT2D eigenvalue weighted by molar-refractivity contribution is 6.01. The standard InChI is InChI=1S/C23H20N4O3/c1-14-8-3-6-13-19(14)27-22(29)20(21(28)24-23(27)30)15(2)25-26-18-12-7-10-16-9-4-5-11-17(16)18/h3-13,26,29H,1-2H3,(H,24,28,30). The molecular formula is C23H20N4O3. The van der Waals surface area contributed by atoms with E-state index in [2.05, 4.69) is 15.5 Å². The molecule has 0 atom stereocenters. The van der Waals surface area contributed by atoms with Crippen LogP contribution in [-0.4, -0.2) is 20.4 Å². The molecule has 7 nitrogen and oxygen atoms in total. The number of aryl methyl sites for hydroxylation is 1. The zero-order chi connectivity index (χ0) is 21.3. The Hall–Kier alpha value is -4.13. The number of benzene rings is 3. The fourth-order valence-electron chi connectivity index (χ4n) is 3.41. The molecule has 0 fully saturated rings. The zero-order valence-electron chi connectivity index (χ0n) is 16.5. The summed E-state index contributed by atoms with van der Waals surface area (Å²) in [7, 11) is 0. The van der Waals surface area contributed by atoms with Gasteiger partial charge < -0.3 is 5.11 Å². The third-order valence-electron chi connectivity index (χ3n) is 4.94. The molecule has 30 heavy (non-hydrogen) atoms. The molecule has 1 heterocycles. The molecule has 3 N–H and O–H groups in total. The van der Waals surface area contributed by atoms with Crippen molar-refractivity contribution in [2.75, 3.05) is 5.43 Å². The molecule has 0 aliphatic carbocycles. The number of hydrogen-bond donors (Lipinski definition) is 3. The SMILES string of the molecule is CC(=NNc1cccc2ccccc12)c1c(O)n(-c2ccccc2C)c(=O)[nH]c1=O. The van der Waals surface area contributed by atoms with E-state index in [9.17, 15) is 14.7 Å². The predicted molar refractivity (Wildman–Crippen MR) is 119 cm³/mol. The molecule has 150 valence electrons. The molecule has 0 bridgehead atoms. The van der Waals surface area contributed by atoms with Crippen molar-refractivity contribution in [3.05, 3.63) is 98.7 Å².